The number of carbonyl (C=O) groups excluding carboxylic acids is 1. The van der Waals surface area contributed by atoms with Crippen LogP contribution in [0, 0.1) is 0 Å². The molecule has 0 unspecified atom stereocenters. The van der Waals surface area contributed by atoms with E-state index in [1.807, 2.05) is 0 Å². The van der Waals surface area contributed by atoms with Crippen LogP contribution in [0.5, 0.6) is 5.75 Å². The van der Waals surface area contributed by atoms with E-state index in [0.717, 1.165) is 0 Å². The van der Waals surface area contributed by atoms with Gasteiger partial charge < -0.3 is 20.3 Å². The van der Waals surface area contributed by atoms with Crippen LogP contribution in [0.1, 0.15) is 16.8 Å². The summed E-state index contributed by atoms with van der Waals surface area (Å²) < 4.78 is 9.95. The molecule has 1 aromatic rings. The van der Waals surface area contributed by atoms with E-state index in [1.165, 1.54) is 13.2 Å². The Morgan fingerprint density at radius 1 is 1.50 bits per heavy atom. The van der Waals surface area contributed by atoms with Crippen LogP contribution in [0.25, 0.3) is 0 Å². The Bertz CT molecular complexity index is 365. The Hall–Kier alpha value is -1.75. The molecule has 0 fully saturated rings. The van der Waals surface area contributed by atoms with Crippen LogP contribution in [0.15, 0.2) is 18.2 Å². The van der Waals surface area contributed by atoms with Gasteiger partial charge in [-0.25, -0.2) is 4.79 Å². The lowest BCUT2D eigenvalue weighted by Crippen LogP contribution is -2.09. The second-order valence-corrected chi connectivity index (χ2v) is 3.17. The first kappa shape index (κ1) is 12.3. The fraction of sp³-hybridized carbons (Fsp3) is 0.364. The van der Waals surface area contributed by atoms with Crippen LogP contribution < -0.4 is 10.5 Å². The molecular formula is C11H15NO4. The lowest BCUT2D eigenvalue weighted by molar-refractivity contribution is 0.0478. The first-order valence-electron chi connectivity index (χ1n) is 4.90. The number of nitrogens with two attached hydrogens (primary N) is 1. The number of methoxy groups -OCH3 is 1. The highest BCUT2D eigenvalue weighted by atomic mass is 16.5. The Morgan fingerprint density at radius 2 is 2.25 bits per heavy atom. The van der Waals surface area contributed by atoms with Gasteiger partial charge in [0.25, 0.3) is 0 Å². The molecule has 88 valence electrons. The minimum atomic E-state index is -0.502. The number of esters is 1. The standard InChI is InChI=1S/C11H15NO4/c1-15-10-4-3-8(12)7-9(10)11(14)16-6-2-5-13/h3-4,7,13H,2,5-6,12H2,1H3. The highest BCUT2D eigenvalue weighted by molar-refractivity contribution is 5.93. The Morgan fingerprint density at radius 3 is 2.88 bits per heavy atom. The topological polar surface area (TPSA) is 81.8 Å². The third kappa shape index (κ3) is 3.13. The van der Waals surface area contributed by atoms with E-state index in [1.54, 1.807) is 12.1 Å². The van der Waals surface area contributed by atoms with Crippen molar-refractivity contribution in [1.82, 2.24) is 0 Å². The minimum absolute atomic E-state index is 0.0126. The zero-order valence-electron chi connectivity index (χ0n) is 9.10. The summed E-state index contributed by atoms with van der Waals surface area (Å²) >= 11 is 0. The average molecular weight is 225 g/mol. The van der Waals surface area contributed by atoms with Crippen LogP contribution in [0.4, 0.5) is 5.69 Å². The van der Waals surface area contributed by atoms with Crippen LogP contribution in [-0.4, -0.2) is 31.4 Å². The van der Waals surface area contributed by atoms with Crippen LogP contribution in [-0.2, 0) is 4.74 Å². The zero-order valence-corrected chi connectivity index (χ0v) is 9.10. The van der Waals surface area contributed by atoms with E-state index >= 15 is 0 Å². The van der Waals surface area contributed by atoms with Crippen LogP contribution >= 0.6 is 0 Å². The summed E-state index contributed by atoms with van der Waals surface area (Å²) in [5.74, 6) is -0.0826. The van der Waals surface area contributed by atoms with Gasteiger partial charge in [0, 0.05) is 18.7 Å². The van der Waals surface area contributed by atoms with Crippen molar-refractivity contribution in [2.45, 2.75) is 6.42 Å². The molecule has 0 heterocycles. The molecule has 0 radical (unpaired) electrons. The smallest absolute Gasteiger partial charge is 0.341 e. The number of rotatable bonds is 5. The zero-order chi connectivity index (χ0) is 12.0. The molecule has 0 amide bonds. The molecule has 5 nitrogen and oxygen atoms in total. The number of ether oxygens (including phenoxy) is 2. The molecule has 0 saturated heterocycles. The van der Waals surface area contributed by atoms with E-state index in [2.05, 4.69) is 0 Å². The SMILES string of the molecule is COc1ccc(N)cc1C(=O)OCCCO. The van der Waals surface area contributed by atoms with Gasteiger partial charge in [0.05, 0.1) is 13.7 Å². The average Bonchev–Trinajstić information content (AvgIpc) is 2.29. The number of hydrogen-bond acceptors (Lipinski definition) is 5. The van der Waals surface area contributed by atoms with Gasteiger partial charge in [-0.1, -0.05) is 0 Å². The summed E-state index contributed by atoms with van der Waals surface area (Å²) in [5, 5.41) is 8.56. The molecular weight excluding hydrogens is 210 g/mol. The molecule has 0 aliphatic carbocycles. The maximum atomic E-state index is 11.6. The Balaban J connectivity index is 2.76. The van der Waals surface area contributed by atoms with Crippen molar-refractivity contribution in [2.75, 3.05) is 26.1 Å². The van der Waals surface area contributed by atoms with Crippen molar-refractivity contribution in [3.8, 4) is 5.75 Å². The third-order valence-electron chi connectivity index (χ3n) is 1.98. The Labute approximate surface area is 93.8 Å². The number of aliphatic hydroxyl groups excluding tert-OH is 1. The van der Waals surface area contributed by atoms with E-state index < -0.39 is 5.97 Å². The summed E-state index contributed by atoms with van der Waals surface area (Å²) in [6.07, 6.45) is 0.413. The molecule has 5 heteroatoms. The van der Waals surface area contributed by atoms with Crippen molar-refractivity contribution in [1.29, 1.82) is 0 Å². The molecule has 0 aliphatic rings. The molecule has 16 heavy (non-hydrogen) atoms. The number of aliphatic hydroxyl groups is 1. The number of benzene rings is 1. The van der Waals surface area contributed by atoms with Crippen molar-refractivity contribution in [3.05, 3.63) is 23.8 Å². The quantitative estimate of drug-likeness (QED) is 0.440. The van der Waals surface area contributed by atoms with E-state index in [0.29, 0.717) is 23.4 Å². The fourth-order valence-electron chi connectivity index (χ4n) is 1.19. The molecule has 0 aliphatic heterocycles. The maximum absolute atomic E-state index is 11.6. The molecule has 0 spiro atoms. The van der Waals surface area contributed by atoms with Crippen molar-refractivity contribution < 1.29 is 19.4 Å². The fourth-order valence-corrected chi connectivity index (χ4v) is 1.19. The number of hydrogen-bond donors (Lipinski definition) is 2. The van der Waals surface area contributed by atoms with Crippen LogP contribution in [0.2, 0.25) is 0 Å². The van der Waals surface area contributed by atoms with Gasteiger partial charge >= 0.3 is 5.97 Å². The highest BCUT2D eigenvalue weighted by Gasteiger charge is 2.13. The summed E-state index contributed by atoms with van der Waals surface area (Å²) in [4.78, 5) is 11.6. The minimum Gasteiger partial charge on any atom is -0.496 e. The van der Waals surface area contributed by atoms with Crippen LogP contribution in [0.3, 0.4) is 0 Å². The van der Waals surface area contributed by atoms with Gasteiger partial charge in [-0.3, -0.25) is 0 Å². The van der Waals surface area contributed by atoms with E-state index in [4.69, 9.17) is 20.3 Å². The summed E-state index contributed by atoms with van der Waals surface area (Å²) in [6.45, 7) is 0.161. The molecule has 3 N–H and O–H groups in total. The molecule has 1 rings (SSSR count). The van der Waals surface area contributed by atoms with E-state index in [-0.39, 0.29) is 13.2 Å². The first-order chi connectivity index (χ1) is 7.69. The molecule has 0 bridgehead atoms. The first-order valence-corrected chi connectivity index (χ1v) is 4.90. The molecule has 0 saturated carbocycles. The summed E-state index contributed by atoms with van der Waals surface area (Å²) in [6, 6.07) is 4.75. The van der Waals surface area contributed by atoms with Gasteiger partial charge in [-0.15, -0.1) is 0 Å². The van der Waals surface area contributed by atoms with Crippen molar-refractivity contribution >= 4 is 11.7 Å². The summed E-state index contributed by atoms with van der Waals surface area (Å²) in [7, 11) is 1.47. The predicted molar refractivity (Wildman–Crippen MR) is 59.4 cm³/mol. The highest BCUT2D eigenvalue weighted by Crippen LogP contribution is 2.21. The van der Waals surface area contributed by atoms with E-state index in [9.17, 15) is 4.79 Å². The van der Waals surface area contributed by atoms with Crippen molar-refractivity contribution in [3.63, 3.8) is 0 Å². The number of nitrogen functional groups attached to an aromatic ring is 1. The predicted octanol–water partition coefficient (Wildman–Crippen LogP) is 0.817. The van der Waals surface area contributed by atoms with Gasteiger partial charge in [0.1, 0.15) is 11.3 Å². The lowest BCUT2D eigenvalue weighted by atomic mass is 10.2. The second-order valence-electron chi connectivity index (χ2n) is 3.17. The maximum Gasteiger partial charge on any atom is 0.341 e. The van der Waals surface area contributed by atoms with Gasteiger partial charge in [-0.05, 0) is 18.2 Å². The van der Waals surface area contributed by atoms with Crippen molar-refractivity contribution in [2.24, 2.45) is 0 Å². The third-order valence-corrected chi connectivity index (χ3v) is 1.98. The number of carbonyl (C=O) groups is 1. The largest absolute Gasteiger partial charge is 0.496 e. The Kier molecular flexibility index (Phi) is 4.60. The van der Waals surface area contributed by atoms with Gasteiger partial charge in [0.2, 0.25) is 0 Å². The number of anilines is 1. The molecule has 0 aromatic heterocycles. The van der Waals surface area contributed by atoms with Gasteiger partial charge in [0.15, 0.2) is 0 Å². The van der Waals surface area contributed by atoms with Gasteiger partial charge in [-0.2, -0.15) is 0 Å². The summed E-state index contributed by atoms with van der Waals surface area (Å²) in [5.41, 5.74) is 6.33. The molecule has 0 atom stereocenters. The lowest BCUT2D eigenvalue weighted by Gasteiger charge is -2.08. The molecule has 1 aromatic carbocycles. The normalized spacial score (nSPS) is 9.88. The second kappa shape index (κ2) is 5.97. The monoisotopic (exact) mass is 225 g/mol.